The van der Waals surface area contributed by atoms with Gasteiger partial charge in [-0.25, -0.2) is 4.79 Å². The van der Waals surface area contributed by atoms with Crippen LogP contribution in [0.25, 0.3) is 0 Å². The Balaban J connectivity index is 1.53. The molecular formula is C24H30N6O4S. The lowest BCUT2D eigenvalue weighted by molar-refractivity contribution is -0.116. The highest BCUT2D eigenvalue weighted by atomic mass is 32.2. The van der Waals surface area contributed by atoms with E-state index in [2.05, 4.69) is 15.2 Å². The Labute approximate surface area is 206 Å². The number of H-pyrrole nitrogens is 1. The second-order valence-electron chi connectivity index (χ2n) is 8.64. The SMILES string of the molecule is CCCN(C(=O)CSc1nnc(C2CCCCC2)o1)c1c(N)n(Cc2ccccc2)c(=O)[nH]c1=O. The molecule has 1 aliphatic rings. The van der Waals surface area contributed by atoms with Gasteiger partial charge < -0.3 is 15.1 Å². The summed E-state index contributed by atoms with van der Waals surface area (Å²) in [5, 5.41) is 8.58. The molecular weight excluding hydrogens is 468 g/mol. The highest BCUT2D eigenvalue weighted by Crippen LogP contribution is 2.33. The number of hydrogen-bond acceptors (Lipinski definition) is 8. The zero-order valence-electron chi connectivity index (χ0n) is 19.7. The Morgan fingerprint density at radius 2 is 1.94 bits per heavy atom. The van der Waals surface area contributed by atoms with Crippen molar-refractivity contribution in [1.82, 2.24) is 19.7 Å². The van der Waals surface area contributed by atoms with Gasteiger partial charge in [-0.2, -0.15) is 0 Å². The van der Waals surface area contributed by atoms with Gasteiger partial charge in [0.05, 0.1) is 12.3 Å². The number of nitrogens with one attached hydrogen (secondary N) is 1. The van der Waals surface area contributed by atoms with Gasteiger partial charge >= 0.3 is 5.69 Å². The van der Waals surface area contributed by atoms with Crippen molar-refractivity contribution in [3.05, 3.63) is 62.6 Å². The van der Waals surface area contributed by atoms with Gasteiger partial charge in [0.2, 0.25) is 11.8 Å². The number of hydrogen-bond donors (Lipinski definition) is 2. The van der Waals surface area contributed by atoms with E-state index in [1.54, 1.807) is 0 Å². The van der Waals surface area contributed by atoms with Gasteiger partial charge in [0, 0.05) is 12.5 Å². The van der Waals surface area contributed by atoms with E-state index in [0.29, 0.717) is 17.5 Å². The smallest absolute Gasteiger partial charge is 0.330 e. The molecule has 0 radical (unpaired) electrons. The van der Waals surface area contributed by atoms with Crippen molar-refractivity contribution in [1.29, 1.82) is 0 Å². The molecule has 2 heterocycles. The maximum Gasteiger partial charge on any atom is 0.330 e. The van der Waals surface area contributed by atoms with Crippen molar-refractivity contribution in [2.75, 3.05) is 22.9 Å². The first-order valence-corrected chi connectivity index (χ1v) is 12.9. The van der Waals surface area contributed by atoms with Gasteiger partial charge in [-0.05, 0) is 24.8 Å². The molecule has 1 aromatic carbocycles. The number of nitrogens with zero attached hydrogens (tertiary/aromatic N) is 4. The van der Waals surface area contributed by atoms with E-state index in [4.69, 9.17) is 10.2 Å². The molecule has 0 unspecified atom stereocenters. The molecule has 3 aromatic rings. The largest absolute Gasteiger partial charge is 0.416 e. The summed E-state index contributed by atoms with van der Waals surface area (Å²) < 4.78 is 7.07. The zero-order valence-corrected chi connectivity index (χ0v) is 20.6. The summed E-state index contributed by atoms with van der Waals surface area (Å²) in [6, 6.07) is 9.28. The Kier molecular flexibility index (Phi) is 8.06. The molecule has 0 spiro atoms. The van der Waals surface area contributed by atoms with Gasteiger partial charge in [0.25, 0.3) is 10.8 Å². The number of carbonyl (C=O) groups excluding carboxylic acids is 1. The van der Waals surface area contributed by atoms with Crippen LogP contribution in [0.1, 0.15) is 62.8 Å². The Hall–Kier alpha value is -3.34. The third-order valence-electron chi connectivity index (χ3n) is 6.11. The molecule has 1 fully saturated rings. The number of nitrogens with two attached hydrogens (primary N) is 1. The number of benzene rings is 1. The van der Waals surface area contributed by atoms with Gasteiger partial charge in [-0.15, -0.1) is 10.2 Å². The Bertz CT molecular complexity index is 1260. The summed E-state index contributed by atoms with van der Waals surface area (Å²) in [6.07, 6.45) is 6.21. The van der Waals surface area contributed by atoms with Crippen LogP contribution in [0, 0.1) is 0 Å². The minimum atomic E-state index is -0.694. The van der Waals surface area contributed by atoms with Crippen molar-refractivity contribution >= 4 is 29.2 Å². The number of aromatic amines is 1. The molecule has 0 bridgehead atoms. The van der Waals surface area contributed by atoms with Crippen LogP contribution in [0.2, 0.25) is 0 Å². The van der Waals surface area contributed by atoms with Crippen LogP contribution < -0.4 is 21.9 Å². The van der Waals surface area contributed by atoms with Gasteiger partial charge in [-0.3, -0.25) is 19.1 Å². The molecule has 10 nitrogen and oxygen atoms in total. The predicted molar refractivity (Wildman–Crippen MR) is 135 cm³/mol. The van der Waals surface area contributed by atoms with E-state index in [1.807, 2.05) is 37.3 Å². The van der Waals surface area contributed by atoms with E-state index in [-0.39, 0.29) is 42.2 Å². The average molecular weight is 499 g/mol. The summed E-state index contributed by atoms with van der Waals surface area (Å²) in [5.41, 5.74) is 5.79. The molecule has 0 saturated heterocycles. The minimum absolute atomic E-state index is 0.0109. The fourth-order valence-corrected chi connectivity index (χ4v) is 4.99. The second-order valence-corrected chi connectivity index (χ2v) is 9.57. The normalized spacial score (nSPS) is 14.2. The molecule has 1 aliphatic carbocycles. The first kappa shape index (κ1) is 24.8. The standard InChI is InChI=1S/C24H30N6O4S/c1-2-13-29(18(31)15-35-24-28-27-22(34-24)17-11-7-4-8-12-17)19-20(25)30(23(33)26-21(19)32)14-16-9-5-3-6-10-16/h3,5-6,9-10,17H,2,4,7-8,11-15,25H2,1H3,(H,26,32,33). The summed E-state index contributed by atoms with van der Waals surface area (Å²) in [4.78, 5) is 42.1. The van der Waals surface area contributed by atoms with Crippen molar-refractivity contribution in [2.45, 2.75) is 63.1 Å². The second kappa shape index (κ2) is 11.4. The first-order chi connectivity index (χ1) is 17.0. The average Bonchev–Trinajstić information content (AvgIpc) is 3.35. The molecule has 2 aromatic heterocycles. The summed E-state index contributed by atoms with van der Waals surface area (Å²) in [7, 11) is 0. The highest BCUT2D eigenvalue weighted by molar-refractivity contribution is 7.99. The van der Waals surface area contributed by atoms with E-state index in [0.717, 1.165) is 43.0 Å². The predicted octanol–water partition coefficient (Wildman–Crippen LogP) is 3.13. The van der Waals surface area contributed by atoms with E-state index < -0.39 is 11.2 Å². The lowest BCUT2D eigenvalue weighted by Gasteiger charge is -2.24. The fourth-order valence-electron chi connectivity index (χ4n) is 4.34. The van der Waals surface area contributed by atoms with Gasteiger partial charge in [0.15, 0.2) is 5.69 Å². The third kappa shape index (κ3) is 5.84. The molecule has 1 saturated carbocycles. The molecule has 4 rings (SSSR count). The summed E-state index contributed by atoms with van der Waals surface area (Å²) in [5.74, 6) is 0.506. The molecule has 186 valence electrons. The molecule has 11 heteroatoms. The van der Waals surface area contributed by atoms with E-state index in [9.17, 15) is 14.4 Å². The molecule has 35 heavy (non-hydrogen) atoms. The lowest BCUT2D eigenvalue weighted by Crippen LogP contribution is -2.42. The van der Waals surface area contributed by atoms with Crippen LogP contribution in [-0.2, 0) is 11.3 Å². The third-order valence-corrected chi connectivity index (χ3v) is 6.91. The van der Waals surface area contributed by atoms with Crippen molar-refractivity contribution in [3.63, 3.8) is 0 Å². The van der Waals surface area contributed by atoms with E-state index in [1.165, 1.54) is 15.9 Å². The van der Waals surface area contributed by atoms with E-state index >= 15 is 0 Å². The minimum Gasteiger partial charge on any atom is -0.416 e. The van der Waals surface area contributed by atoms with Gasteiger partial charge in [-0.1, -0.05) is 68.3 Å². The summed E-state index contributed by atoms with van der Waals surface area (Å²) >= 11 is 1.13. The molecule has 1 amide bonds. The van der Waals surface area contributed by atoms with Crippen LogP contribution in [0.4, 0.5) is 11.5 Å². The van der Waals surface area contributed by atoms with Gasteiger partial charge in [0.1, 0.15) is 5.82 Å². The maximum atomic E-state index is 13.2. The molecule has 3 N–H and O–H groups in total. The summed E-state index contributed by atoms with van der Waals surface area (Å²) in [6.45, 7) is 2.34. The topological polar surface area (TPSA) is 140 Å². The van der Waals surface area contributed by atoms with Crippen LogP contribution in [0.5, 0.6) is 0 Å². The van der Waals surface area contributed by atoms with Crippen molar-refractivity contribution in [3.8, 4) is 0 Å². The quantitative estimate of drug-likeness (QED) is 0.429. The number of carbonyl (C=O) groups is 1. The number of nitrogen functional groups attached to an aromatic ring is 1. The maximum absolute atomic E-state index is 13.2. The van der Waals surface area contributed by atoms with Crippen LogP contribution in [0.15, 0.2) is 49.6 Å². The zero-order chi connectivity index (χ0) is 24.8. The molecule has 0 aliphatic heterocycles. The first-order valence-electron chi connectivity index (χ1n) is 11.9. The number of amides is 1. The highest BCUT2D eigenvalue weighted by Gasteiger charge is 2.25. The number of thioether (sulfide) groups is 1. The molecule has 0 atom stereocenters. The van der Waals surface area contributed by atoms with Crippen LogP contribution >= 0.6 is 11.8 Å². The Morgan fingerprint density at radius 1 is 1.20 bits per heavy atom. The lowest BCUT2D eigenvalue weighted by atomic mass is 9.89. The van der Waals surface area contributed by atoms with Crippen LogP contribution in [0.3, 0.4) is 0 Å². The number of aromatic nitrogens is 4. The van der Waals surface area contributed by atoms with Crippen molar-refractivity contribution < 1.29 is 9.21 Å². The van der Waals surface area contributed by atoms with Crippen molar-refractivity contribution in [2.24, 2.45) is 0 Å². The fraction of sp³-hybridized carbons (Fsp3) is 0.458. The number of anilines is 2. The Morgan fingerprint density at radius 3 is 2.66 bits per heavy atom. The van der Waals surface area contributed by atoms with Crippen LogP contribution in [-0.4, -0.2) is 38.0 Å². The monoisotopic (exact) mass is 498 g/mol. The number of rotatable bonds is 9.